The number of nitrogen functional groups attached to an aromatic ring is 1. The largest absolute Gasteiger partial charge is 0.508 e. The third kappa shape index (κ3) is 3.29. The van der Waals surface area contributed by atoms with Gasteiger partial charge in [-0.15, -0.1) is 0 Å². The Morgan fingerprint density at radius 3 is 2.44 bits per heavy atom. The van der Waals surface area contributed by atoms with Crippen LogP contribution in [0.5, 0.6) is 5.75 Å². The normalized spacial score (nSPS) is 14.7. The van der Waals surface area contributed by atoms with Crippen molar-refractivity contribution in [3.63, 3.8) is 0 Å². The maximum atomic E-state index is 9.94. The van der Waals surface area contributed by atoms with Gasteiger partial charge < -0.3 is 16.6 Å². The average molecular weight is 449 g/mol. The minimum atomic E-state index is -0.229. The first-order valence-corrected chi connectivity index (χ1v) is 11.3. The van der Waals surface area contributed by atoms with Crippen LogP contribution in [-0.4, -0.2) is 24.6 Å². The third-order valence-corrected chi connectivity index (χ3v) is 6.67. The molecule has 7 heteroatoms. The van der Waals surface area contributed by atoms with E-state index in [2.05, 4.69) is 29.2 Å². The van der Waals surface area contributed by atoms with E-state index < -0.39 is 0 Å². The van der Waals surface area contributed by atoms with Crippen LogP contribution >= 0.6 is 0 Å². The van der Waals surface area contributed by atoms with Crippen molar-refractivity contribution in [1.29, 1.82) is 0 Å². The van der Waals surface area contributed by atoms with Gasteiger partial charge in [-0.3, -0.25) is 4.57 Å². The van der Waals surface area contributed by atoms with Crippen LogP contribution in [0, 0.1) is 0 Å². The number of hydrogen-bond donors (Lipinski definition) is 3. The number of anilines is 1. The molecule has 1 fully saturated rings. The molecule has 0 saturated heterocycles. The number of rotatable bonds is 4. The zero-order chi connectivity index (χ0) is 23.3. The van der Waals surface area contributed by atoms with Gasteiger partial charge in [-0.2, -0.15) is 0 Å². The molecule has 3 aromatic heterocycles. The standard InChI is InChI=1S/C27H24N6O/c28-24-21(6-2-15-30-24)25-32-23-12-11-22(17-4-1-5-20(34)16-17)31-26(23)33(25)19-9-7-18(8-10-19)27(29)13-3-14-27/h1-2,4-12,15-16,34H,3,13-14,29H2,(H2,28,30). The number of fused-ring (bicyclic) bond motifs is 1. The van der Waals surface area contributed by atoms with E-state index in [0.29, 0.717) is 17.3 Å². The first kappa shape index (κ1) is 20.4. The third-order valence-electron chi connectivity index (χ3n) is 6.67. The fourth-order valence-electron chi connectivity index (χ4n) is 4.60. The van der Waals surface area contributed by atoms with E-state index in [9.17, 15) is 5.11 Å². The predicted octanol–water partition coefficient (Wildman–Crippen LogP) is 4.78. The molecule has 0 amide bonds. The summed E-state index contributed by atoms with van der Waals surface area (Å²) in [5.41, 5.74) is 18.3. The molecule has 6 rings (SSSR count). The summed E-state index contributed by atoms with van der Waals surface area (Å²) >= 11 is 0. The molecule has 1 aliphatic rings. The van der Waals surface area contributed by atoms with E-state index >= 15 is 0 Å². The molecular formula is C27H24N6O. The van der Waals surface area contributed by atoms with Gasteiger partial charge in [0.1, 0.15) is 17.1 Å². The number of hydrogen-bond acceptors (Lipinski definition) is 6. The lowest BCUT2D eigenvalue weighted by Crippen LogP contribution is -2.43. The number of phenolic OH excluding ortho intramolecular Hbond substituents is 1. The number of aromatic nitrogens is 4. The lowest BCUT2D eigenvalue weighted by molar-refractivity contribution is 0.253. The summed E-state index contributed by atoms with van der Waals surface area (Å²) < 4.78 is 2.00. The lowest BCUT2D eigenvalue weighted by atomic mass is 9.73. The minimum absolute atomic E-state index is 0.194. The molecule has 3 heterocycles. The lowest BCUT2D eigenvalue weighted by Gasteiger charge is -2.38. The number of phenols is 1. The van der Waals surface area contributed by atoms with Crippen LogP contribution in [0.15, 0.2) is 79.0 Å². The molecule has 0 bridgehead atoms. The fourth-order valence-corrected chi connectivity index (χ4v) is 4.60. The molecule has 34 heavy (non-hydrogen) atoms. The second kappa shape index (κ2) is 7.67. The van der Waals surface area contributed by atoms with Crippen LogP contribution in [0.3, 0.4) is 0 Å². The maximum Gasteiger partial charge on any atom is 0.165 e. The molecule has 1 saturated carbocycles. The number of imidazole rings is 1. The number of nitrogens with two attached hydrogens (primary N) is 2. The summed E-state index contributed by atoms with van der Waals surface area (Å²) in [7, 11) is 0. The van der Waals surface area contributed by atoms with Crippen molar-refractivity contribution in [2.75, 3.05) is 5.73 Å². The van der Waals surface area contributed by atoms with Crippen molar-refractivity contribution in [2.45, 2.75) is 24.8 Å². The van der Waals surface area contributed by atoms with Gasteiger partial charge in [0.25, 0.3) is 0 Å². The van der Waals surface area contributed by atoms with Gasteiger partial charge in [0, 0.05) is 23.0 Å². The Balaban J connectivity index is 1.57. The quantitative estimate of drug-likeness (QED) is 0.365. The fraction of sp³-hybridized carbons (Fsp3) is 0.148. The predicted molar refractivity (Wildman–Crippen MR) is 133 cm³/mol. The minimum Gasteiger partial charge on any atom is -0.508 e. The van der Waals surface area contributed by atoms with Crippen molar-refractivity contribution in [3.05, 3.63) is 84.6 Å². The van der Waals surface area contributed by atoms with E-state index in [1.54, 1.807) is 24.4 Å². The van der Waals surface area contributed by atoms with Crippen molar-refractivity contribution in [2.24, 2.45) is 5.73 Å². The monoisotopic (exact) mass is 448 g/mol. The molecular weight excluding hydrogens is 424 g/mol. The van der Waals surface area contributed by atoms with Crippen LogP contribution in [0.2, 0.25) is 0 Å². The topological polar surface area (TPSA) is 116 Å². The number of aromatic hydroxyl groups is 1. The van der Waals surface area contributed by atoms with E-state index in [1.165, 1.54) is 0 Å². The van der Waals surface area contributed by atoms with Crippen molar-refractivity contribution in [1.82, 2.24) is 19.5 Å². The molecule has 0 radical (unpaired) electrons. The van der Waals surface area contributed by atoms with Crippen LogP contribution in [0.1, 0.15) is 24.8 Å². The Labute approximate surface area is 196 Å². The summed E-state index contributed by atoms with van der Waals surface area (Å²) in [4.78, 5) is 14.1. The summed E-state index contributed by atoms with van der Waals surface area (Å²) in [5.74, 6) is 1.26. The van der Waals surface area contributed by atoms with Gasteiger partial charge in [-0.25, -0.2) is 15.0 Å². The molecule has 1 aliphatic carbocycles. The molecule has 5 N–H and O–H groups in total. The number of benzene rings is 2. The number of pyridine rings is 2. The zero-order valence-electron chi connectivity index (χ0n) is 18.5. The smallest absolute Gasteiger partial charge is 0.165 e. The molecule has 0 spiro atoms. The highest BCUT2D eigenvalue weighted by atomic mass is 16.3. The highest BCUT2D eigenvalue weighted by molar-refractivity contribution is 5.84. The van der Waals surface area contributed by atoms with Gasteiger partial charge in [0.2, 0.25) is 0 Å². The molecule has 5 aromatic rings. The molecule has 0 aliphatic heterocycles. The van der Waals surface area contributed by atoms with E-state index in [1.807, 2.05) is 34.9 Å². The molecule has 7 nitrogen and oxygen atoms in total. The molecule has 0 unspecified atom stereocenters. The van der Waals surface area contributed by atoms with E-state index in [0.717, 1.165) is 52.9 Å². The van der Waals surface area contributed by atoms with Crippen molar-refractivity contribution in [3.8, 4) is 34.1 Å². The molecule has 2 aromatic carbocycles. The Morgan fingerprint density at radius 2 is 1.74 bits per heavy atom. The summed E-state index contributed by atoms with van der Waals surface area (Å²) in [5, 5.41) is 9.94. The Morgan fingerprint density at radius 1 is 0.912 bits per heavy atom. The van der Waals surface area contributed by atoms with Gasteiger partial charge in [0.15, 0.2) is 11.5 Å². The van der Waals surface area contributed by atoms with Gasteiger partial charge in [0.05, 0.1) is 11.3 Å². The highest BCUT2D eigenvalue weighted by Gasteiger charge is 2.34. The van der Waals surface area contributed by atoms with Gasteiger partial charge in [-0.1, -0.05) is 24.3 Å². The highest BCUT2D eigenvalue weighted by Crippen LogP contribution is 2.39. The average Bonchev–Trinajstić information content (AvgIpc) is 3.21. The van der Waals surface area contributed by atoms with Crippen LogP contribution in [0.25, 0.3) is 39.5 Å². The van der Waals surface area contributed by atoms with E-state index in [-0.39, 0.29) is 11.3 Å². The molecule has 0 atom stereocenters. The Kier molecular flexibility index (Phi) is 4.60. The summed E-state index contributed by atoms with van der Waals surface area (Å²) in [6, 6.07) is 23.0. The zero-order valence-corrected chi connectivity index (χ0v) is 18.5. The number of nitrogens with zero attached hydrogens (tertiary/aromatic N) is 4. The molecule has 168 valence electrons. The second-order valence-corrected chi connectivity index (χ2v) is 8.85. The van der Waals surface area contributed by atoms with Crippen molar-refractivity contribution < 1.29 is 5.11 Å². The van der Waals surface area contributed by atoms with Crippen LogP contribution in [0.4, 0.5) is 5.82 Å². The second-order valence-electron chi connectivity index (χ2n) is 8.85. The van der Waals surface area contributed by atoms with E-state index in [4.69, 9.17) is 21.4 Å². The SMILES string of the molecule is Nc1ncccc1-c1nc2ccc(-c3cccc(O)c3)nc2n1-c1ccc(C2(N)CCC2)cc1. The summed E-state index contributed by atoms with van der Waals surface area (Å²) in [6.45, 7) is 0. The van der Waals surface area contributed by atoms with Crippen molar-refractivity contribution >= 4 is 17.0 Å². The maximum absolute atomic E-state index is 9.94. The van der Waals surface area contributed by atoms with Crippen LogP contribution in [-0.2, 0) is 5.54 Å². The first-order valence-electron chi connectivity index (χ1n) is 11.3. The van der Waals surface area contributed by atoms with Gasteiger partial charge >= 0.3 is 0 Å². The Hall–Kier alpha value is -4.23. The van der Waals surface area contributed by atoms with Crippen LogP contribution < -0.4 is 11.5 Å². The first-order chi connectivity index (χ1) is 16.5. The Bertz CT molecular complexity index is 1520. The van der Waals surface area contributed by atoms with Gasteiger partial charge in [-0.05, 0) is 73.4 Å². The summed E-state index contributed by atoms with van der Waals surface area (Å²) in [6.07, 6.45) is 4.84.